The third-order valence-electron chi connectivity index (χ3n) is 6.60. The van der Waals surface area contributed by atoms with Crippen molar-refractivity contribution in [1.29, 1.82) is 5.26 Å². The summed E-state index contributed by atoms with van der Waals surface area (Å²) in [4.78, 5) is 18.8. The molecule has 9 heteroatoms. The Morgan fingerprint density at radius 2 is 2.15 bits per heavy atom. The number of carbonyl (C=O) groups excluding carboxylic acids is 1. The van der Waals surface area contributed by atoms with Gasteiger partial charge in [0, 0.05) is 44.0 Å². The normalized spacial score (nSPS) is 20.2. The Balaban J connectivity index is 1.28. The van der Waals surface area contributed by atoms with E-state index in [9.17, 15) is 10.1 Å². The monoisotopic (exact) mass is 445 g/mol. The number of pyridine rings is 1. The van der Waals surface area contributed by atoms with Crippen molar-refractivity contribution >= 4 is 11.8 Å². The molecule has 0 bridgehead atoms. The maximum absolute atomic E-state index is 11.9. The smallest absolute Gasteiger partial charge is 0.338 e. The number of anilines is 1. The number of hydrazine groups is 2. The number of hydrogen-bond donors (Lipinski definition) is 3. The van der Waals surface area contributed by atoms with Crippen molar-refractivity contribution in [2.75, 3.05) is 31.2 Å². The molecule has 1 aromatic heterocycles. The molecule has 0 spiro atoms. The fourth-order valence-corrected chi connectivity index (χ4v) is 4.81. The van der Waals surface area contributed by atoms with E-state index in [-0.39, 0.29) is 12.0 Å². The molecule has 3 aliphatic rings. The first kappa shape index (κ1) is 21.4. The van der Waals surface area contributed by atoms with Gasteiger partial charge < -0.3 is 15.5 Å². The van der Waals surface area contributed by atoms with Crippen LogP contribution in [0.15, 0.2) is 30.1 Å². The summed E-state index contributed by atoms with van der Waals surface area (Å²) in [7, 11) is 0. The van der Waals surface area contributed by atoms with Crippen LogP contribution in [0.2, 0.25) is 0 Å². The molecule has 0 amide bonds. The average Bonchev–Trinajstić information content (AvgIpc) is 3.41. The molecule has 4 heterocycles. The molecule has 1 aromatic carbocycles. The molecule has 9 nitrogen and oxygen atoms in total. The third-order valence-corrected chi connectivity index (χ3v) is 6.60. The molecule has 170 valence electrons. The van der Waals surface area contributed by atoms with E-state index >= 15 is 0 Å². The predicted molar refractivity (Wildman–Crippen MR) is 123 cm³/mol. The molecule has 0 saturated carbocycles. The maximum atomic E-state index is 11.9. The zero-order valence-corrected chi connectivity index (χ0v) is 19.0. The summed E-state index contributed by atoms with van der Waals surface area (Å²) in [5, 5.41) is 14.7. The van der Waals surface area contributed by atoms with Gasteiger partial charge in [-0.25, -0.2) is 14.8 Å². The van der Waals surface area contributed by atoms with Crippen LogP contribution in [0.1, 0.15) is 49.9 Å². The van der Waals surface area contributed by atoms with Crippen LogP contribution in [-0.2, 0) is 11.3 Å². The molecule has 1 atom stereocenters. The minimum absolute atomic E-state index is 0.191. The van der Waals surface area contributed by atoms with Gasteiger partial charge in [-0.05, 0) is 49.6 Å². The van der Waals surface area contributed by atoms with Gasteiger partial charge in [0.05, 0.1) is 22.5 Å². The van der Waals surface area contributed by atoms with Crippen LogP contribution in [-0.4, -0.2) is 42.0 Å². The number of esters is 1. The highest BCUT2D eigenvalue weighted by atomic mass is 16.5. The zero-order chi connectivity index (χ0) is 23.1. The quantitative estimate of drug-likeness (QED) is 0.608. The highest BCUT2D eigenvalue weighted by Gasteiger charge is 2.29. The van der Waals surface area contributed by atoms with Crippen LogP contribution in [0, 0.1) is 32.1 Å². The van der Waals surface area contributed by atoms with Crippen molar-refractivity contribution in [3.63, 3.8) is 0 Å². The number of nitriles is 1. The summed E-state index contributed by atoms with van der Waals surface area (Å²) < 4.78 is 5.21. The molecule has 0 unspecified atom stereocenters. The van der Waals surface area contributed by atoms with Crippen molar-refractivity contribution in [1.82, 2.24) is 26.2 Å². The van der Waals surface area contributed by atoms with Crippen LogP contribution in [0.25, 0.3) is 0 Å². The fourth-order valence-electron chi connectivity index (χ4n) is 4.81. The molecule has 0 aliphatic carbocycles. The Hall–Kier alpha value is -3.45. The second kappa shape index (κ2) is 8.48. The van der Waals surface area contributed by atoms with E-state index in [4.69, 9.17) is 4.74 Å². The first-order valence-corrected chi connectivity index (χ1v) is 11.1. The largest absolute Gasteiger partial charge is 0.457 e. The zero-order valence-electron chi connectivity index (χ0n) is 19.0. The van der Waals surface area contributed by atoms with Crippen LogP contribution >= 0.6 is 0 Å². The van der Waals surface area contributed by atoms with E-state index in [1.165, 1.54) is 5.56 Å². The highest BCUT2D eigenvalue weighted by molar-refractivity contribution is 5.94. The average molecular weight is 446 g/mol. The number of carbonyl (C=O) groups is 1. The molecular weight excluding hydrogens is 418 g/mol. The number of cyclic esters (lactones) is 1. The van der Waals surface area contributed by atoms with Gasteiger partial charge in [0.1, 0.15) is 18.5 Å². The summed E-state index contributed by atoms with van der Waals surface area (Å²) in [5.41, 5.74) is 13.7. The number of fused-ring (bicyclic) bond motifs is 1. The molecule has 1 fully saturated rings. The summed E-state index contributed by atoms with van der Waals surface area (Å²) in [6, 6.07) is 8.26. The second-order valence-electron chi connectivity index (χ2n) is 8.75. The van der Waals surface area contributed by atoms with Gasteiger partial charge in [-0.3, -0.25) is 4.90 Å². The van der Waals surface area contributed by atoms with Crippen molar-refractivity contribution < 1.29 is 9.53 Å². The van der Waals surface area contributed by atoms with E-state index in [1.54, 1.807) is 0 Å². The van der Waals surface area contributed by atoms with E-state index in [2.05, 4.69) is 45.2 Å². The lowest BCUT2D eigenvalue weighted by molar-refractivity contribution is 0.0535. The first-order chi connectivity index (χ1) is 15.9. The Kier molecular flexibility index (Phi) is 5.50. The van der Waals surface area contributed by atoms with Gasteiger partial charge in [-0.15, -0.1) is 5.53 Å². The molecule has 33 heavy (non-hydrogen) atoms. The molecule has 2 aromatic rings. The van der Waals surface area contributed by atoms with Gasteiger partial charge in [-0.1, -0.05) is 6.07 Å². The minimum atomic E-state index is -0.226. The summed E-state index contributed by atoms with van der Waals surface area (Å²) in [6.07, 6.45) is 2.01. The molecular formula is C24H27N7O2. The summed E-state index contributed by atoms with van der Waals surface area (Å²) in [6.45, 7) is 9.67. The fraction of sp³-hybridized carbons (Fsp3) is 0.375. The number of rotatable bonds is 4. The number of piperazine rings is 1. The van der Waals surface area contributed by atoms with Crippen molar-refractivity contribution in [2.24, 2.45) is 0 Å². The lowest BCUT2D eigenvalue weighted by Crippen LogP contribution is -2.47. The van der Waals surface area contributed by atoms with Crippen LogP contribution in [0.3, 0.4) is 0 Å². The van der Waals surface area contributed by atoms with Gasteiger partial charge in [0.15, 0.2) is 0 Å². The number of ether oxygens (including phenoxy) is 1. The Morgan fingerprint density at radius 1 is 1.30 bits per heavy atom. The summed E-state index contributed by atoms with van der Waals surface area (Å²) >= 11 is 0. The van der Waals surface area contributed by atoms with E-state index in [1.807, 2.05) is 37.2 Å². The maximum Gasteiger partial charge on any atom is 0.338 e. The molecule has 0 radical (unpaired) electrons. The minimum Gasteiger partial charge on any atom is -0.457 e. The predicted octanol–water partition coefficient (Wildman–Crippen LogP) is 1.87. The van der Waals surface area contributed by atoms with Crippen LogP contribution in [0.4, 0.5) is 5.82 Å². The van der Waals surface area contributed by atoms with Crippen molar-refractivity contribution in [3.05, 3.63) is 69.2 Å². The van der Waals surface area contributed by atoms with E-state index < -0.39 is 0 Å². The first-order valence-electron chi connectivity index (χ1n) is 11.1. The molecule has 1 saturated heterocycles. The number of hydrogen-bond acceptors (Lipinski definition) is 9. The van der Waals surface area contributed by atoms with E-state index in [0.29, 0.717) is 17.7 Å². The van der Waals surface area contributed by atoms with Gasteiger partial charge >= 0.3 is 5.97 Å². The molecule has 3 aliphatic heterocycles. The van der Waals surface area contributed by atoms with Crippen molar-refractivity contribution in [2.45, 2.75) is 33.4 Å². The SMILES string of the molecule is Cc1cc(N2C=C(CN3CCN[C@H](c4ccc5c(c4C)COC5=O)C3)NN2)nc(C)c1C#N. The molecule has 5 rings (SSSR count). The standard InChI is InChI=1S/C24H27N7O2/c1-14-8-23(27-16(3)20(14)9-25)31-11-17(28-29-31)10-30-7-6-26-22(12-30)18-4-5-19-21(15(18)2)13-33-24(19)32/h4-5,8,11,22,26,28-29H,6-7,10,12-13H2,1-3H3/t22-/m0/s1. The number of aryl methyl sites for hydroxylation is 2. The number of nitrogens with one attached hydrogen (secondary N) is 3. The lowest BCUT2D eigenvalue weighted by atomic mass is 9.93. The summed E-state index contributed by atoms with van der Waals surface area (Å²) in [5.74, 6) is 0.520. The lowest BCUT2D eigenvalue weighted by Gasteiger charge is -2.34. The van der Waals surface area contributed by atoms with Gasteiger partial charge in [0.2, 0.25) is 0 Å². The Labute approximate surface area is 193 Å². The second-order valence-corrected chi connectivity index (χ2v) is 8.75. The van der Waals surface area contributed by atoms with Gasteiger partial charge in [-0.2, -0.15) is 5.26 Å². The topological polar surface area (TPSA) is 106 Å². The number of nitrogens with zero attached hydrogens (tertiary/aromatic N) is 4. The van der Waals surface area contributed by atoms with Crippen LogP contribution in [0.5, 0.6) is 0 Å². The molecule has 3 N–H and O–H groups in total. The Bertz CT molecular complexity index is 1180. The van der Waals surface area contributed by atoms with Crippen molar-refractivity contribution in [3.8, 4) is 6.07 Å². The van der Waals surface area contributed by atoms with E-state index in [0.717, 1.165) is 60.1 Å². The highest BCUT2D eigenvalue weighted by Crippen LogP contribution is 2.30. The van der Waals surface area contributed by atoms with Crippen LogP contribution < -0.4 is 21.3 Å². The third kappa shape index (κ3) is 3.93. The number of benzene rings is 1. The van der Waals surface area contributed by atoms with Gasteiger partial charge in [0.25, 0.3) is 0 Å². The Morgan fingerprint density at radius 3 is 2.94 bits per heavy atom. The number of aromatic nitrogens is 1.